The first-order valence-electron chi connectivity index (χ1n) is 7.95. The van der Waals surface area contributed by atoms with Gasteiger partial charge in [-0.05, 0) is 29.8 Å². The lowest BCUT2D eigenvalue weighted by Crippen LogP contribution is -2.48. The number of hydrogen-bond acceptors (Lipinski definition) is 3. The number of nitrogens with zero attached hydrogens (tertiary/aromatic N) is 2. The van der Waals surface area contributed by atoms with Crippen molar-refractivity contribution in [3.05, 3.63) is 65.7 Å². The Labute approximate surface area is 137 Å². The van der Waals surface area contributed by atoms with Gasteiger partial charge < -0.3 is 14.5 Å². The van der Waals surface area contributed by atoms with Crippen LogP contribution in [0.2, 0.25) is 0 Å². The number of carbonyl (C=O) groups excluding carboxylic acids is 1. The smallest absolute Gasteiger partial charge is 0.253 e. The molecule has 0 N–H and O–H groups in total. The summed E-state index contributed by atoms with van der Waals surface area (Å²) in [6, 6.07) is 18.1. The molecule has 0 bridgehead atoms. The van der Waals surface area contributed by atoms with Gasteiger partial charge in [0.25, 0.3) is 5.91 Å². The summed E-state index contributed by atoms with van der Waals surface area (Å²) in [4.78, 5) is 16.9. The zero-order valence-corrected chi connectivity index (χ0v) is 13.4. The summed E-state index contributed by atoms with van der Waals surface area (Å²) in [7, 11) is 1.66. The molecule has 1 heterocycles. The van der Waals surface area contributed by atoms with Crippen LogP contribution in [0.1, 0.15) is 15.9 Å². The van der Waals surface area contributed by atoms with Crippen molar-refractivity contribution in [1.29, 1.82) is 0 Å². The van der Waals surface area contributed by atoms with Gasteiger partial charge in [0.2, 0.25) is 0 Å². The molecule has 0 atom stereocenters. The summed E-state index contributed by atoms with van der Waals surface area (Å²) in [5.74, 6) is 0.107. The first-order chi connectivity index (χ1) is 11.3. The minimum atomic E-state index is 0.107. The Morgan fingerprint density at radius 2 is 1.74 bits per heavy atom. The molecule has 0 aliphatic carbocycles. The molecule has 0 spiro atoms. The fourth-order valence-corrected chi connectivity index (χ4v) is 2.95. The van der Waals surface area contributed by atoms with Crippen molar-refractivity contribution in [1.82, 2.24) is 4.90 Å². The van der Waals surface area contributed by atoms with Crippen LogP contribution in [0.25, 0.3) is 0 Å². The summed E-state index contributed by atoms with van der Waals surface area (Å²) in [6.45, 7) is 3.77. The number of hydrogen-bond donors (Lipinski definition) is 0. The highest BCUT2D eigenvalue weighted by molar-refractivity contribution is 5.94. The molecule has 0 aromatic heterocycles. The molecule has 3 rings (SSSR count). The number of ether oxygens (including phenoxy) is 1. The highest BCUT2D eigenvalue weighted by Crippen LogP contribution is 2.17. The van der Waals surface area contributed by atoms with Gasteiger partial charge in [0.15, 0.2) is 0 Å². The summed E-state index contributed by atoms with van der Waals surface area (Å²) < 4.78 is 5.14. The molecule has 2 aromatic carbocycles. The Hall–Kier alpha value is -2.33. The third-order valence-electron chi connectivity index (χ3n) is 4.17. The molecule has 2 aromatic rings. The van der Waals surface area contributed by atoms with Crippen molar-refractivity contribution in [2.45, 2.75) is 6.61 Å². The van der Waals surface area contributed by atoms with E-state index in [1.807, 2.05) is 47.4 Å². The molecule has 0 radical (unpaired) electrons. The number of rotatable bonds is 4. The topological polar surface area (TPSA) is 32.8 Å². The number of methoxy groups -OCH3 is 1. The molecular weight excluding hydrogens is 288 g/mol. The Bertz CT molecular complexity index is 649. The quantitative estimate of drug-likeness (QED) is 0.870. The van der Waals surface area contributed by atoms with E-state index in [-0.39, 0.29) is 5.91 Å². The second-order valence-electron chi connectivity index (χ2n) is 5.75. The maximum absolute atomic E-state index is 12.7. The largest absolute Gasteiger partial charge is 0.380 e. The van der Waals surface area contributed by atoms with Crippen molar-refractivity contribution in [3.8, 4) is 0 Å². The van der Waals surface area contributed by atoms with Gasteiger partial charge in [-0.2, -0.15) is 0 Å². The van der Waals surface area contributed by atoms with Crippen LogP contribution in [0.15, 0.2) is 54.6 Å². The predicted octanol–water partition coefficient (Wildman–Crippen LogP) is 2.80. The molecule has 1 aliphatic heterocycles. The van der Waals surface area contributed by atoms with Crippen molar-refractivity contribution < 1.29 is 9.53 Å². The highest BCUT2D eigenvalue weighted by Gasteiger charge is 2.22. The SMILES string of the molecule is COCc1cccc(C(=O)N2CCN(c3ccccc3)CC2)c1. The van der Waals surface area contributed by atoms with Crippen LogP contribution in [-0.4, -0.2) is 44.1 Å². The van der Waals surface area contributed by atoms with Crippen LogP contribution in [0.3, 0.4) is 0 Å². The van der Waals surface area contributed by atoms with Crippen molar-refractivity contribution in [3.63, 3.8) is 0 Å². The molecule has 1 fully saturated rings. The molecule has 1 amide bonds. The van der Waals surface area contributed by atoms with E-state index in [0.717, 1.165) is 37.3 Å². The van der Waals surface area contributed by atoms with Gasteiger partial charge >= 0.3 is 0 Å². The van der Waals surface area contributed by atoms with Crippen molar-refractivity contribution in [2.24, 2.45) is 0 Å². The van der Waals surface area contributed by atoms with Crippen LogP contribution in [0.4, 0.5) is 5.69 Å². The first kappa shape index (κ1) is 15.6. The van der Waals surface area contributed by atoms with Crippen LogP contribution in [-0.2, 0) is 11.3 Å². The minimum absolute atomic E-state index is 0.107. The van der Waals surface area contributed by atoms with Gasteiger partial charge in [-0.15, -0.1) is 0 Å². The Morgan fingerprint density at radius 1 is 1.00 bits per heavy atom. The van der Waals surface area contributed by atoms with Gasteiger partial charge in [0, 0.05) is 44.5 Å². The Balaban J connectivity index is 1.63. The molecule has 0 unspecified atom stereocenters. The highest BCUT2D eigenvalue weighted by atomic mass is 16.5. The molecule has 23 heavy (non-hydrogen) atoms. The lowest BCUT2D eigenvalue weighted by atomic mass is 10.1. The number of carbonyl (C=O) groups is 1. The average molecular weight is 310 g/mol. The molecule has 4 heteroatoms. The fourth-order valence-electron chi connectivity index (χ4n) is 2.95. The summed E-state index contributed by atoms with van der Waals surface area (Å²) >= 11 is 0. The van der Waals surface area contributed by atoms with E-state index < -0.39 is 0 Å². The van der Waals surface area contributed by atoms with Crippen molar-refractivity contribution in [2.75, 3.05) is 38.2 Å². The zero-order valence-electron chi connectivity index (χ0n) is 13.4. The van der Waals surface area contributed by atoms with E-state index in [0.29, 0.717) is 6.61 Å². The maximum atomic E-state index is 12.7. The zero-order chi connectivity index (χ0) is 16.1. The number of para-hydroxylation sites is 1. The fraction of sp³-hybridized carbons (Fsp3) is 0.316. The molecule has 1 aliphatic rings. The number of piperazine rings is 1. The molecule has 120 valence electrons. The average Bonchev–Trinajstić information content (AvgIpc) is 2.62. The second kappa shape index (κ2) is 7.29. The molecular formula is C19H22N2O2. The normalized spacial score (nSPS) is 14.8. The second-order valence-corrected chi connectivity index (χ2v) is 5.75. The molecule has 4 nitrogen and oxygen atoms in total. The van der Waals surface area contributed by atoms with E-state index in [9.17, 15) is 4.79 Å². The summed E-state index contributed by atoms with van der Waals surface area (Å²) in [6.07, 6.45) is 0. The van der Waals surface area contributed by atoms with Crippen LogP contribution in [0.5, 0.6) is 0 Å². The Kier molecular flexibility index (Phi) is 4.93. The maximum Gasteiger partial charge on any atom is 0.253 e. The van der Waals surface area contributed by atoms with Crippen LogP contribution < -0.4 is 4.90 Å². The number of anilines is 1. The van der Waals surface area contributed by atoms with Gasteiger partial charge in [0.05, 0.1) is 6.61 Å². The third-order valence-corrected chi connectivity index (χ3v) is 4.17. The molecule has 0 saturated carbocycles. The van der Waals surface area contributed by atoms with Gasteiger partial charge in [-0.1, -0.05) is 30.3 Å². The standard InChI is InChI=1S/C19H22N2O2/c1-23-15-16-6-5-7-17(14-16)19(22)21-12-10-20(11-13-21)18-8-3-2-4-9-18/h2-9,14H,10-13,15H2,1H3. The minimum Gasteiger partial charge on any atom is -0.380 e. The summed E-state index contributed by atoms with van der Waals surface area (Å²) in [5, 5.41) is 0. The first-order valence-corrected chi connectivity index (χ1v) is 7.95. The van der Waals surface area contributed by atoms with E-state index in [4.69, 9.17) is 4.74 Å². The van der Waals surface area contributed by atoms with E-state index in [1.165, 1.54) is 5.69 Å². The number of benzene rings is 2. The van der Waals surface area contributed by atoms with Gasteiger partial charge in [-0.3, -0.25) is 4.79 Å². The van der Waals surface area contributed by atoms with E-state index >= 15 is 0 Å². The molecule has 1 saturated heterocycles. The van der Waals surface area contributed by atoms with Gasteiger partial charge in [0.1, 0.15) is 0 Å². The lowest BCUT2D eigenvalue weighted by Gasteiger charge is -2.36. The van der Waals surface area contributed by atoms with E-state index in [1.54, 1.807) is 7.11 Å². The van der Waals surface area contributed by atoms with E-state index in [2.05, 4.69) is 17.0 Å². The van der Waals surface area contributed by atoms with Crippen molar-refractivity contribution >= 4 is 11.6 Å². The summed E-state index contributed by atoms with van der Waals surface area (Å²) in [5.41, 5.74) is 3.00. The monoisotopic (exact) mass is 310 g/mol. The Morgan fingerprint density at radius 3 is 2.43 bits per heavy atom. The number of amides is 1. The third kappa shape index (κ3) is 3.71. The van der Waals surface area contributed by atoms with Crippen LogP contribution in [0, 0.1) is 0 Å². The van der Waals surface area contributed by atoms with Gasteiger partial charge in [-0.25, -0.2) is 0 Å². The lowest BCUT2D eigenvalue weighted by molar-refractivity contribution is 0.0746. The van der Waals surface area contributed by atoms with Crippen LogP contribution >= 0.6 is 0 Å². The predicted molar refractivity (Wildman–Crippen MR) is 91.7 cm³/mol.